The Bertz CT molecular complexity index is 508. The van der Waals surface area contributed by atoms with Gasteiger partial charge in [-0.25, -0.2) is 9.07 Å². The Kier molecular flexibility index (Phi) is 2.31. The highest BCUT2D eigenvalue weighted by Gasteiger charge is 2.53. The first-order chi connectivity index (χ1) is 8.40. The van der Waals surface area contributed by atoms with Crippen molar-refractivity contribution in [3.8, 4) is 0 Å². The Labute approximate surface area is 106 Å². The third-order valence-electron chi connectivity index (χ3n) is 4.17. The van der Waals surface area contributed by atoms with Crippen LogP contribution < -0.4 is 4.90 Å². The molecule has 1 saturated carbocycles. The van der Waals surface area contributed by atoms with Crippen LogP contribution in [0.25, 0.3) is 0 Å². The van der Waals surface area contributed by atoms with Crippen molar-refractivity contribution >= 4 is 11.7 Å². The van der Waals surface area contributed by atoms with Gasteiger partial charge in [0.2, 0.25) is 5.91 Å². The van der Waals surface area contributed by atoms with E-state index in [9.17, 15) is 9.18 Å². The first kappa shape index (κ1) is 11.7. The van der Waals surface area contributed by atoms with Crippen LogP contribution in [0.15, 0.2) is 6.07 Å². The molecule has 0 spiro atoms. The molecule has 0 bridgehead atoms. The average molecular weight is 251 g/mol. The van der Waals surface area contributed by atoms with E-state index in [0.29, 0.717) is 6.42 Å². The van der Waals surface area contributed by atoms with E-state index < -0.39 is 5.67 Å². The smallest absolute Gasteiger partial charge is 0.230 e. The molecule has 5 heteroatoms. The van der Waals surface area contributed by atoms with Crippen LogP contribution >= 0.6 is 0 Å². The van der Waals surface area contributed by atoms with Crippen molar-refractivity contribution in [2.45, 2.75) is 44.8 Å². The van der Waals surface area contributed by atoms with Gasteiger partial charge in [0.1, 0.15) is 11.5 Å². The molecule has 0 N–H and O–H groups in total. The minimum Gasteiger partial charge on any atom is -0.300 e. The van der Waals surface area contributed by atoms with Crippen LogP contribution in [0.5, 0.6) is 0 Å². The van der Waals surface area contributed by atoms with Crippen molar-refractivity contribution in [1.82, 2.24) is 9.78 Å². The average Bonchev–Trinajstić information content (AvgIpc) is 2.81. The number of hydrogen-bond acceptors (Lipinski definition) is 2. The van der Waals surface area contributed by atoms with Gasteiger partial charge in [0.05, 0.1) is 5.69 Å². The van der Waals surface area contributed by atoms with E-state index in [-0.39, 0.29) is 17.7 Å². The molecular weight excluding hydrogens is 233 g/mol. The number of carbonyl (C=O) groups is 1. The van der Waals surface area contributed by atoms with Gasteiger partial charge in [-0.3, -0.25) is 9.69 Å². The van der Waals surface area contributed by atoms with E-state index in [1.807, 2.05) is 17.7 Å². The van der Waals surface area contributed by atoms with E-state index in [1.165, 1.54) is 0 Å². The Morgan fingerprint density at radius 3 is 2.83 bits per heavy atom. The molecule has 0 aromatic carbocycles. The normalized spacial score (nSPS) is 35.3. The van der Waals surface area contributed by atoms with Gasteiger partial charge in [0.25, 0.3) is 0 Å². The lowest BCUT2D eigenvalue weighted by atomic mass is 10.1. The highest BCUT2D eigenvalue weighted by Crippen LogP contribution is 2.54. The summed E-state index contributed by atoms with van der Waals surface area (Å²) in [5.41, 5.74) is -0.333. The van der Waals surface area contributed by atoms with Crippen molar-refractivity contribution < 1.29 is 9.18 Å². The molecule has 1 aliphatic heterocycles. The molecule has 1 aromatic rings. The number of amides is 1. The minimum absolute atomic E-state index is 0.0208. The molecule has 0 saturated heterocycles. The topological polar surface area (TPSA) is 38.1 Å². The molecule has 2 aliphatic rings. The van der Waals surface area contributed by atoms with Crippen LogP contribution in [-0.2, 0) is 11.3 Å². The van der Waals surface area contributed by atoms with E-state index in [4.69, 9.17) is 0 Å². The molecule has 1 aliphatic carbocycles. The monoisotopic (exact) mass is 251 g/mol. The maximum absolute atomic E-state index is 13.7. The largest absolute Gasteiger partial charge is 0.300 e. The Hall–Kier alpha value is -1.39. The third kappa shape index (κ3) is 1.64. The van der Waals surface area contributed by atoms with Crippen molar-refractivity contribution in [3.63, 3.8) is 0 Å². The summed E-state index contributed by atoms with van der Waals surface area (Å²) in [6.07, 6.45) is 1.33. The zero-order valence-corrected chi connectivity index (χ0v) is 11.0. The molecule has 3 unspecified atom stereocenters. The van der Waals surface area contributed by atoms with Crippen LogP contribution in [0.1, 0.15) is 38.3 Å². The lowest BCUT2D eigenvalue weighted by molar-refractivity contribution is -0.121. The summed E-state index contributed by atoms with van der Waals surface area (Å²) in [5, 5.41) is 4.47. The summed E-state index contributed by atoms with van der Waals surface area (Å²) in [7, 11) is 1.77. The SMILES string of the molecule is CC1CCn2nc(C3CC3(C)F)cc2N(C)C1=O. The number of hydrogen-bond donors (Lipinski definition) is 0. The summed E-state index contributed by atoms with van der Waals surface area (Å²) < 4.78 is 15.5. The quantitative estimate of drug-likeness (QED) is 0.766. The second-order valence-electron chi connectivity index (χ2n) is 5.77. The van der Waals surface area contributed by atoms with Gasteiger partial charge in [0, 0.05) is 31.5 Å². The molecule has 3 atom stereocenters. The van der Waals surface area contributed by atoms with Crippen molar-refractivity contribution in [3.05, 3.63) is 11.8 Å². The maximum atomic E-state index is 13.7. The fourth-order valence-corrected chi connectivity index (χ4v) is 2.67. The number of alkyl halides is 1. The molecule has 3 rings (SSSR count). The number of aromatic nitrogens is 2. The zero-order valence-electron chi connectivity index (χ0n) is 11.0. The van der Waals surface area contributed by atoms with Crippen molar-refractivity contribution in [1.29, 1.82) is 0 Å². The lowest BCUT2D eigenvalue weighted by Crippen LogP contribution is -2.30. The number of rotatable bonds is 1. The Balaban J connectivity index is 1.94. The van der Waals surface area contributed by atoms with E-state index in [1.54, 1.807) is 18.9 Å². The second-order valence-corrected chi connectivity index (χ2v) is 5.77. The van der Waals surface area contributed by atoms with Gasteiger partial charge in [-0.1, -0.05) is 6.92 Å². The predicted octanol–water partition coefficient (Wildman–Crippen LogP) is 2.10. The molecule has 1 amide bonds. The third-order valence-corrected chi connectivity index (χ3v) is 4.17. The minimum atomic E-state index is -1.11. The number of carbonyl (C=O) groups excluding carboxylic acids is 1. The van der Waals surface area contributed by atoms with Gasteiger partial charge >= 0.3 is 0 Å². The summed E-state index contributed by atoms with van der Waals surface area (Å²) in [4.78, 5) is 13.7. The Morgan fingerprint density at radius 1 is 1.56 bits per heavy atom. The Morgan fingerprint density at radius 2 is 2.22 bits per heavy atom. The van der Waals surface area contributed by atoms with Gasteiger partial charge in [-0.2, -0.15) is 5.10 Å². The highest BCUT2D eigenvalue weighted by molar-refractivity contribution is 5.94. The molecule has 98 valence electrons. The predicted molar refractivity (Wildman–Crippen MR) is 66.3 cm³/mol. The lowest BCUT2D eigenvalue weighted by Gasteiger charge is -2.16. The van der Waals surface area contributed by atoms with Gasteiger partial charge < -0.3 is 0 Å². The number of aryl methyl sites for hydroxylation is 1. The highest BCUT2D eigenvalue weighted by atomic mass is 19.1. The number of fused-ring (bicyclic) bond motifs is 1. The van der Waals surface area contributed by atoms with Crippen molar-refractivity contribution in [2.24, 2.45) is 5.92 Å². The number of halogens is 1. The van der Waals surface area contributed by atoms with Gasteiger partial charge in [-0.05, 0) is 19.8 Å². The van der Waals surface area contributed by atoms with Crippen molar-refractivity contribution in [2.75, 3.05) is 11.9 Å². The number of anilines is 1. The summed E-state index contributed by atoms with van der Waals surface area (Å²) in [6.45, 7) is 4.27. The zero-order chi connectivity index (χ0) is 13.1. The molecular formula is C13H18FN3O. The molecule has 0 radical (unpaired) electrons. The van der Waals surface area contributed by atoms with Crippen LogP contribution in [0, 0.1) is 5.92 Å². The summed E-state index contributed by atoms with van der Waals surface area (Å²) >= 11 is 0. The van der Waals surface area contributed by atoms with Gasteiger partial charge in [-0.15, -0.1) is 0 Å². The van der Waals surface area contributed by atoms with E-state index in [2.05, 4.69) is 5.10 Å². The first-order valence-electron chi connectivity index (χ1n) is 6.44. The van der Waals surface area contributed by atoms with Gasteiger partial charge in [0.15, 0.2) is 0 Å². The van der Waals surface area contributed by atoms with E-state index in [0.717, 1.165) is 24.5 Å². The molecule has 1 fully saturated rings. The first-order valence-corrected chi connectivity index (χ1v) is 6.44. The van der Waals surface area contributed by atoms with Crippen LogP contribution in [0.4, 0.5) is 10.2 Å². The fourth-order valence-electron chi connectivity index (χ4n) is 2.67. The molecule has 2 heterocycles. The van der Waals surface area contributed by atoms with E-state index >= 15 is 0 Å². The number of nitrogens with zero attached hydrogens (tertiary/aromatic N) is 3. The maximum Gasteiger partial charge on any atom is 0.230 e. The molecule has 1 aromatic heterocycles. The standard InChI is InChI=1S/C13H18FN3O/c1-8-4-5-17-11(16(3)12(8)18)6-10(15-17)9-7-13(9,2)14/h6,8-9H,4-5,7H2,1-3H3. The van der Waals surface area contributed by atoms with Crippen LogP contribution in [0.3, 0.4) is 0 Å². The van der Waals surface area contributed by atoms with Crippen LogP contribution in [-0.4, -0.2) is 28.4 Å². The summed E-state index contributed by atoms with van der Waals surface area (Å²) in [5.74, 6) is 0.825. The summed E-state index contributed by atoms with van der Waals surface area (Å²) in [6, 6.07) is 1.87. The van der Waals surface area contributed by atoms with Crippen LogP contribution in [0.2, 0.25) is 0 Å². The fraction of sp³-hybridized carbons (Fsp3) is 0.692. The molecule has 18 heavy (non-hydrogen) atoms. The second kappa shape index (κ2) is 3.56. The molecule has 4 nitrogen and oxygen atoms in total.